The number of aryl methyl sites for hydroxylation is 1. The Morgan fingerprint density at radius 1 is 1.42 bits per heavy atom. The summed E-state index contributed by atoms with van der Waals surface area (Å²) in [5.74, 6) is 0.339. The van der Waals surface area contributed by atoms with E-state index in [9.17, 15) is 9.59 Å². The highest BCUT2D eigenvalue weighted by Gasteiger charge is 2.29. The molecule has 1 fully saturated rings. The van der Waals surface area contributed by atoms with Crippen molar-refractivity contribution in [3.8, 4) is 0 Å². The Balaban J connectivity index is 1.97. The third kappa shape index (κ3) is 3.18. The number of carbonyl (C=O) groups is 2. The van der Waals surface area contributed by atoms with E-state index in [2.05, 4.69) is 5.32 Å². The van der Waals surface area contributed by atoms with E-state index in [-0.39, 0.29) is 23.5 Å². The van der Waals surface area contributed by atoms with Gasteiger partial charge < -0.3 is 9.88 Å². The summed E-state index contributed by atoms with van der Waals surface area (Å²) in [5, 5.41) is 2.93. The highest BCUT2D eigenvalue weighted by molar-refractivity contribution is 6.30. The van der Waals surface area contributed by atoms with Crippen molar-refractivity contribution >= 4 is 23.3 Å². The van der Waals surface area contributed by atoms with Crippen molar-refractivity contribution in [3.63, 3.8) is 0 Å². The number of ketones is 1. The van der Waals surface area contributed by atoms with E-state index < -0.39 is 0 Å². The van der Waals surface area contributed by atoms with Crippen molar-refractivity contribution in [3.05, 3.63) is 23.0 Å². The highest BCUT2D eigenvalue weighted by atomic mass is 35.5. The molecule has 1 aromatic heterocycles. The number of alkyl halides is 1. The fourth-order valence-electron chi connectivity index (χ4n) is 2.28. The summed E-state index contributed by atoms with van der Waals surface area (Å²) in [6.07, 6.45) is 2.03. The van der Waals surface area contributed by atoms with Crippen LogP contribution in [0.2, 0.25) is 0 Å². The summed E-state index contributed by atoms with van der Waals surface area (Å²) in [7, 11) is 0. The minimum absolute atomic E-state index is 0.00269. The van der Waals surface area contributed by atoms with Gasteiger partial charge in [-0.1, -0.05) is 0 Å². The number of nitrogens with zero attached hydrogens (tertiary/aromatic N) is 1. The van der Waals surface area contributed by atoms with Crippen LogP contribution < -0.4 is 5.32 Å². The number of carbonyl (C=O) groups excluding carboxylic acids is 2. The summed E-state index contributed by atoms with van der Waals surface area (Å²) < 4.78 is 2.05. The zero-order valence-electron chi connectivity index (χ0n) is 11.3. The van der Waals surface area contributed by atoms with Crippen LogP contribution in [0.25, 0.3) is 0 Å². The number of halogens is 1. The Bertz CT molecular complexity index is 504. The maximum atomic E-state index is 11.7. The molecule has 0 spiro atoms. The van der Waals surface area contributed by atoms with Crippen LogP contribution in [0.3, 0.4) is 0 Å². The Labute approximate surface area is 118 Å². The lowest BCUT2D eigenvalue weighted by Crippen LogP contribution is -2.28. The maximum Gasteiger partial charge on any atom is 0.223 e. The third-order valence-electron chi connectivity index (χ3n) is 3.58. The van der Waals surface area contributed by atoms with Crippen LogP contribution in [-0.4, -0.2) is 28.7 Å². The fraction of sp³-hybridized carbons (Fsp3) is 0.571. The quantitative estimate of drug-likeness (QED) is 0.641. The van der Waals surface area contributed by atoms with Crippen LogP contribution in [0.1, 0.15) is 34.6 Å². The molecule has 0 atom stereocenters. The number of hydrogen-bond acceptors (Lipinski definition) is 2. The molecule has 1 aliphatic carbocycles. The first kappa shape index (κ1) is 14.1. The van der Waals surface area contributed by atoms with Gasteiger partial charge in [-0.2, -0.15) is 0 Å². The number of hydrogen-bond donors (Lipinski definition) is 1. The van der Waals surface area contributed by atoms with E-state index in [1.54, 1.807) is 0 Å². The van der Waals surface area contributed by atoms with Crippen molar-refractivity contribution < 1.29 is 9.59 Å². The zero-order chi connectivity index (χ0) is 14.0. The van der Waals surface area contributed by atoms with Gasteiger partial charge in [0.05, 0.1) is 5.88 Å². The molecule has 0 aromatic carbocycles. The molecule has 1 N–H and O–H groups in total. The zero-order valence-corrected chi connectivity index (χ0v) is 12.1. The van der Waals surface area contributed by atoms with Crippen LogP contribution in [0.5, 0.6) is 0 Å². The van der Waals surface area contributed by atoms with Crippen molar-refractivity contribution in [2.75, 3.05) is 12.4 Å². The molecule has 1 aliphatic rings. The number of amides is 1. The molecule has 104 valence electrons. The average molecular weight is 283 g/mol. The second-order valence-corrected chi connectivity index (χ2v) is 5.33. The Morgan fingerprint density at radius 2 is 2.11 bits per heavy atom. The number of rotatable bonds is 6. The molecular formula is C14H19ClN2O2. The minimum atomic E-state index is -0.0527. The molecule has 5 heteroatoms. The van der Waals surface area contributed by atoms with E-state index in [0.717, 1.165) is 24.2 Å². The average Bonchev–Trinajstić information content (AvgIpc) is 3.19. The predicted molar refractivity (Wildman–Crippen MR) is 74.7 cm³/mol. The summed E-state index contributed by atoms with van der Waals surface area (Å²) in [6, 6.07) is 1.86. The monoisotopic (exact) mass is 282 g/mol. The number of Topliss-reactive ketones (excluding diaryl/α,β-unsaturated/α-hetero) is 1. The van der Waals surface area contributed by atoms with Gasteiger partial charge in [0.25, 0.3) is 0 Å². The molecule has 0 radical (unpaired) electrons. The molecule has 1 saturated carbocycles. The normalized spacial score (nSPS) is 14.5. The first-order valence-corrected chi connectivity index (χ1v) is 7.11. The molecule has 0 saturated heterocycles. The lowest BCUT2D eigenvalue weighted by Gasteiger charge is -2.10. The van der Waals surface area contributed by atoms with E-state index >= 15 is 0 Å². The molecule has 19 heavy (non-hydrogen) atoms. The van der Waals surface area contributed by atoms with Crippen LogP contribution in [0.15, 0.2) is 6.07 Å². The molecule has 1 aromatic rings. The molecule has 0 aliphatic heterocycles. The first-order valence-electron chi connectivity index (χ1n) is 6.58. The first-order chi connectivity index (χ1) is 9.04. The number of aromatic nitrogens is 1. The minimum Gasteiger partial charge on any atom is -0.354 e. The summed E-state index contributed by atoms with van der Waals surface area (Å²) in [4.78, 5) is 23.2. The van der Waals surface area contributed by atoms with Crippen LogP contribution in [0, 0.1) is 19.8 Å². The van der Waals surface area contributed by atoms with Gasteiger partial charge in [-0.3, -0.25) is 9.59 Å². The van der Waals surface area contributed by atoms with Gasteiger partial charge in [0.1, 0.15) is 0 Å². The van der Waals surface area contributed by atoms with E-state index in [4.69, 9.17) is 11.6 Å². The maximum absolute atomic E-state index is 11.7. The van der Waals surface area contributed by atoms with E-state index in [0.29, 0.717) is 18.7 Å². The van der Waals surface area contributed by atoms with Crippen molar-refractivity contribution in [2.24, 2.45) is 5.92 Å². The van der Waals surface area contributed by atoms with Gasteiger partial charge >= 0.3 is 0 Å². The topological polar surface area (TPSA) is 51.1 Å². The Morgan fingerprint density at radius 3 is 2.68 bits per heavy atom. The summed E-state index contributed by atoms with van der Waals surface area (Å²) >= 11 is 5.59. The lowest BCUT2D eigenvalue weighted by atomic mass is 10.2. The SMILES string of the molecule is Cc1cc(C(=O)CCl)c(C)n1CCNC(=O)C1CC1. The highest BCUT2D eigenvalue weighted by Crippen LogP contribution is 2.28. The standard InChI is InChI=1S/C14H19ClN2O2/c1-9-7-12(13(18)8-15)10(2)17(9)6-5-16-14(19)11-3-4-11/h7,11H,3-6,8H2,1-2H3,(H,16,19). The molecule has 1 heterocycles. The van der Waals surface area contributed by atoms with Crippen LogP contribution in [-0.2, 0) is 11.3 Å². The van der Waals surface area contributed by atoms with Gasteiger partial charge in [0, 0.05) is 36.0 Å². The second-order valence-electron chi connectivity index (χ2n) is 5.06. The molecule has 0 bridgehead atoms. The second kappa shape index (κ2) is 5.78. The van der Waals surface area contributed by atoms with Crippen molar-refractivity contribution in [1.29, 1.82) is 0 Å². The van der Waals surface area contributed by atoms with Crippen molar-refractivity contribution in [2.45, 2.75) is 33.2 Å². The molecule has 4 nitrogen and oxygen atoms in total. The Hall–Kier alpha value is -1.29. The van der Waals surface area contributed by atoms with Crippen LogP contribution in [0.4, 0.5) is 0 Å². The molecule has 0 unspecified atom stereocenters. The molecule has 1 amide bonds. The fourth-order valence-corrected chi connectivity index (χ4v) is 2.42. The molecule has 2 rings (SSSR count). The van der Waals surface area contributed by atoms with Gasteiger partial charge in [-0.25, -0.2) is 0 Å². The van der Waals surface area contributed by atoms with Crippen LogP contribution >= 0.6 is 11.6 Å². The lowest BCUT2D eigenvalue weighted by molar-refractivity contribution is -0.122. The third-order valence-corrected chi connectivity index (χ3v) is 3.82. The van der Waals surface area contributed by atoms with Crippen molar-refractivity contribution in [1.82, 2.24) is 9.88 Å². The van der Waals surface area contributed by atoms with E-state index in [1.165, 1.54) is 0 Å². The summed E-state index contributed by atoms with van der Waals surface area (Å²) in [6.45, 7) is 5.15. The van der Waals surface area contributed by atoms with Gasteiger partial charge in [0.2, 0.25) is 5.91 Å². The van der Waals surface area contributed by atoms with Gasteiger partial charge in [0.15, 0.2) is 5.78 Å². The van der Waals surface area contributed by atoms with Gasteiger partial charge in [-0.15, -0.1) is 11.6 Å². The van der Waals surface area contributed by atoms with E-state index in [1.807, 2.05) is 24.5 Å². The summed E-state index contributed by atoms with van der Waals surface area (Å²) in [5.41, 5.74) is 2.62. The predicted octanol–water partition coefficient (Wildman–Crippen LogP) is 2.05. The van der Waals surface area contributed by atoms with Gasteiger partial charge in [-0.05, 0) is 32.8 Å². The molecular weight excluding hydrogens is 264 g/mol. The number of nitrogens with one attached hydrogen (secondary N) is 1. The largest absolute Gasteiger partial charge is 0.354 e. The smallest absolute Gasteiger partial charge is 0.223 e. The Kier molecular flexibility index (Phi) is 4.30.